The monoisotopic (exact) mass is 235 g/mol. The number of carbonyl (C=O) groups is 1. The Morgan fingerprint density at radius 2 is 2.00 bits per heavy atom. The predicted molar refractivity (Wildman–Crippen MR) is 63.3 cm³/mol. The molecule has 2 rings (SSSR count). The average Bonchev–Trinajstić information content (AvgIpc) is 2.91. The summed E-state index contributed by atoms with van der Waals surface area (Å²) in [5.74, 6) is 0.591. The topological polar surface area (TPSA) is 48.4 Å². The first-order valence-corrected chi connectivity index (χ1v) is 5.89. The summed E-state index contributed by atoms with van der Waals surface area (Å²) in [5.41, 5.74) is 1.46. The lowest BCUT2D eigenvalue weighted by atomic mass is 10.0. The molecule has 92 valence electrons. The Balaban J connectivity index is 2.34. The van der Waals surface area contributed by atoms with Gasteiger partial charge in [-0.05, 0) is 18.9 Å². The Bertz CT molecular complexity index is 411. The molecule has 0 saturated heterocycles. The van der Waals surface area contributed by atoms with Crippen LogP contribution in [0, 0.1) is 0 Å². The lowest BCUT2D eigenvalue weighted by molar-refractivity contribution is 0.0600. The minimum absolute atomic E-state index is 0.343. The average molecular weight is 235 g/mol. The molecule has 0 amide bonds. The van der Waals surface area contributed by atoms with Crippen LogP contribution in [0.25, 0.3) is 0 Å². The van der Waals surface area contributed by atoms with Crippen molar-refractivity contribution in [2.75, 3.05) is 14.2 Å². The van der Waals surface area contributed by atoms with Gasteiger partial charge >= 0.3 is 5.97 Å². The predicted octanol–water partition coefficient (Wildman–Crippen LogP) is 2.53. The molecule has 1 fully saturated rings. The highest BCUT2D eigenvalue weighted by molar-refractivity contribution is 5.89. The molecule has 0 spiro atoms. The zero-order valence-corrected chi connectivity index (χ0v) is 10.2. The van der Waals surface area contributed by atoms with Crippen LogP contribution in [0.3, 0.4) is 0 Å². The SMILES string of the molecule is COC(=O)c1cc(OC)nc(C2CCCC2)c1. The van der Waals surface area contributed by atoms with Crippen molar-refractivity contribution in [1.29, 1.82) is 0 Å². The smallest absolute Gasteiger partial charge is 0.338 e. The van der Waals surface area contributed by atoms with E-state index in [1.807, 2.05) is 6.07 Å². The van der Waals surface area contributed by atoms with Crippen LogP contribution in [0.5, 0.6) is 5.88 Å². The summed E-state index contributed by atoms with van der Waals surface area (Å²) in [7, 11) is 2.94. The molecule has 0 bridgehead atoms. The van der Waals surface area contributed by atoms with Crippen LogP contribution in [0.1, 0.15) is 47.7 Å². The van der Waals surface area contributed by atoms with Gasteiger partial charge in [0.1, 0.15) is 0 Å². The fourth-order valence-corrected chi connectivity index (χ4v) is 2.30. The van der Waals surface area contributed by atoms with Gasteiger partial charge in [-0.25, -0.2) is 9.78 Å². The van der Waals surface area contributed by atoms with Crippen LogP contribution >= 0.6 is 0 Å². The molecule has 1 aliphatic carbocycles. The lowest BCUT2D eigenvalue weighted by Gasteiger charge is -2.11. The third-order valence-corrected chi connectivity index (χ3v) is 3.23. The van der Waals surface area contributed by atoms with Crippen LogP contribution in [0.2, 0.25) is 0 Å². The highest BCUT2D eigenvalue weighted by Gasteiger charge is 2.21. The van der Waals surface area contributed by atoms with Crippen LogP contribution in [0.15, 0.2) is 12.1 Å². The van der Waals surface area contributed by atoms with E-state index in [-0.39, 0.29) is 5.97 Å². The van der Waals surface area contributed by atoms with Gasteiger partial charge in [-0.3, -0.25) is 0 Å². The number of methoxy groups -OCH3 is 2. The Morgan fingerprint density at radius 3 is 2.59 bits per heavy atom. The molecule has 1 aliphatic rings. The highest BCUT2D eigenvalue weighted by atomic mass is 16.5. The molecule has 0 aliphatic heterocycles. The molecule has 0 unspecified atom stereocenters. The van der Waals surface area contributed by atoms with Gasteiger partial charge in [0.25, 0.3) is 0 Å². The van der Waals surface area contributed by atoms with Crippen molar-refractivity contribution in [2.24, 2.45) is 0 Å². The van der Waals surface area contributed by atoms with Crippen molar-refractivity contribution < 1.29 is 14.3 Å². The molecule has 0 N–H and O–H groups in total. The Hall–Kier alpha value is -1.58. The summed E-state index contributed by atoms with van der Waals surface area (Å²) >= 11 is 0. The van der Waals surface area contributed by atoms with Gasteiger partial charge in [0.2, 0.25) is 5.88 Å². The number of carbonyl (C=O) groups excluding carboxylic acids is 1. The first kappa shape index (κ1) is 11.9. The van der Waals surface area contributed by atoms with E-state index >= 15 is 0 Å². The largest absolute Gasteiger partial charge is 0.481 e. The van der Waals surface area contributed by atoms with Crippen molar-refractivity contribution >= 4 is 5.97 Å². The summed E-state index contributed by atoms with van der Waals surface area (Å²) < 4.78 is 9.86. The highest BCUT2D eigenvalue weighted by Crippen LogP contribution is 2.34. The van der Waals surface area contributed by atoms with E-state index in [0.29, 0.717) is 17.4 Å². The second-order valence-electron chi connectivity index (χ2n) is 4.30. The Labute approximate surface area is 101 Å². The number of pyridine rings is 1. The fourth-order valence-electron chi connectivity index (χ4n) is 2.30. The number of hydrogen-bond donors (Lipinski definition) is 0. The van der Waals surface area contributed by atoms with Crippen molar-refractivity contribution in [2.45, 2.75) is 31.6 Å². The van der Waals surface area contributed by atoms with Crippen molar-refractivity contribution in [3.63, 3.8) is 0 Å². The second kappa shape index (κ2) is 5.17. The molecular weight excluding hydrogens is 218 g/mol. The van der Waals surface area contributed by atoms with Gasteiger partial charge in [-0.1, -0.05) is 12.8 Å². The summed E-state index contributed by atoms with van der Waals surface area (Å²) in [6, 6.07) is 3.44. The molecule has 17 heavy (non-hydrogen) atoms. The van der Waals surface area contributed by atoms with Crippen LogP contribution in [0.4, 0.5) is 0 Å². The van der Waals surface area contributed by atoms with Crippen LogP contribution in [-0.2, 0) is 4.74 Å². The number of nitrogens with zero attached hydrogens (tertiary/aromatic N) is 1. The third kappa shape index (κ3) is 2.57. The number of aromatic nitrogens is 1. The van der Waals surface area contributed by atoms with E-state index in [9.17, 15) is 4.79 Å². The zero-order chi connectivity index (χ0) is 12.3. The zero-order valence-electron chi connectivity index (χ0n) is 10.2. The molecule has 0 radical (unpaired) electrons. The van der Waals surface area contributed by atoms with E-state index in [1.54, 1.807) is 13.2 Å². The second-order valence-corrected chi connectivity index (χ2v) is 4.30. The summed E-state index contributed by atoms with van der Waals surface area (Å²) in [6.07, 6.45) is 4.75. The minimum atomic E-state index is -0.343. The third-order valence-electron chi connectivity index (χ3n) is 3.23. The quantitative estimate of drug-likeness (QED) is 0.755. The van der Waals surface area contributed by atoms with E-state index < -0.39 is 0 Å². The van der Waals surface area contributed by atoms with Gasteiger partial charge in [-0.2, -0.15) is 0 Å². The van der Waals surface area contributed by atoms with Gasteiger partial charge in [-0.15, -0.1) is 0 Å². The van der Waals surface area contributed by atoms with Gasteiger partial charge in [0.05, 0.1) is 19.8 Å². The first-order chi connectivity index (χ1) is 8.24. The summed E-state index contributed by atoms with van der Waals surface area (Å²) in [5, 5.41) is 0. The molecule has 0 aromatic carbocycles. The number of ether oxygens (including phenoxy) is 2. The van der Waals surface area contributed by atoms with E-state index in [2.05, 4.69) is 4.98 Å². The van der Waals surface area contributed by atoms with Gasteiger partial charge in [0, 0.05) is 17.7 Å². The summed E-state index contributed by atoms with van der Waals surface area (Å²) in [4.78, 5) is 16.0. The maximum absolute atomic E-state index is 11.5. The van der Waals surface area contributed by atoms with E-state index in [0.717, 1.165) is 18.5 Å². The maximum Gasteiger partial charge on any atom is 0.338 e. The Morgan fingerprint density at radius 1 is 1.29 bits per heavy atom. The number of esters is 1. The summed E-state index contributed by atoms with van der Waals surface area (Å²) in [6.45, 7) is 0. The molecular formula is C13H17NO3. The molecule has 0 atom stereocenters. The number of hydrogen-bond acceptors (Lipinski definition) is 4. The first-order valence-electron chi connectivity index (χ1n) is 5.89. The standard InChI is InChI=1S/C13H17NO3/c1-16-12-8-10(13(15)17-2)7-11(14-12)9-5-3-4-6-9/h7-9H,3-6H2,1-2H3. The number of rotatable bonds is 3. The molecule has 1 aromatic heterocycles. The van der Waals surface area contributed by atoms with Crippen LogP contribution < -0.4 is 4.74 Å². The van der Waals surface area contributed by atoms with Crippen molar-refractivity contribution in [3.8, 4) is 5.88 Å². The minimum Gasteiger partial charge on any atom is -0.481 e. The molecule has 1 aromatic rings. The van der Waals surface area contributed by atoms with E-state index in [4.69, 9.17) is 9.47 Å². The molecule has 4 heteroatoms. The van der Waals surface area contributed by atoms with E-state index in [1.165, 1.54) is 20.0 Å². The maximum atomic E-state index is 11.5. The lowest BCUT2D eigenvalue weighted by Crippen LogP contribution is -2.06. The molecule has 1 heterocycles. The van der Waals surface area contributed by atoms with Gasteiger partial charge in [0.15, 0.2) is 0 Å². The van der Waals surface area contributed by atoms with Gasteiger partial charge < -0.3 is 9.47 Å². The Kier molecular flexibility index (Phi) is 3.61. The van der Waals surface area contributed by atoms with Crippen LogP contribution in [-0.4, -0.2) is 25.2 Å². The normalized spacial score (nSPS) is 15.9. The molecule has 1 saturated carbocycles. The van der Waals surface area contributed by atoms with Crippen molar-refractivity contribution in [1.82, 2.24) is 4.98 Å². The molecule has 4 nitrogen and oxygen atoms in total. The van der Waals surface area contributed by atoms with Crippen molar-refractivity contribution in [3.05, 3.63) is 23.4 Å². The fraction of sp³-hybridized carbons (Fsp3) is 0.538.